The topological polar surface area (TPSA) is 52.3 Å². The molecule has 3 heterocycles. The highest BCUT2D eigenvalue weighted by Gasteiger charge is 2.36. The van der Waals surface area contributed by atoms with E-state index in [4.69, 9.17) is 16.3 Å². The number of nitrogens with zero attached hydrogens (tertiary/aromatic N) is 4. The fourth-order valence-corrected chi connectivity index (χ4v) is 3.72. The van der Waals surface area contributed by atoms with E-state index in [1.165, 1.54) is 0 Å². The summed E-state index contributed by atoms with van der Waals surface area (Å²) in [6, 6.07) is 1.70. The molecule has 124 valence electrons. The predicted octanol–water partition coefficient (Wildman–Crippen LogP) is 2.71. The molecule has 3 rings (SSSR count). The Hall–Kier alpha value is -1.95. The summed E-state index contributed by atoms with van der Waals surface area (Å²) in [5, 5.41) is 5.01. The number of aryl methyl sites for hydroxylation is 3. The third-order valence-corrected chi connectivity index (χ3v) is 4.65. The van der Waals surface area contributed by atoms with Crippen LogP contribution in [0.15, 0.2) is 12.3 Å². The van der Waals surface area contributed by atoms with E-state index in [0.29, 0.717) is 10.7 Å². The van der Waals surface area contributed by atoms with Crippen LogP contribution in [0.25, 0.3) is 0 Å². The molecule has 2 aromatic rings. The van der Waals surface area contributed by atoms with Crippen LogP contribution in [0.1, 0.15) is 40.6 Å². The normalized spacial score (nSPS) is 17.8. The Labute approximate surface area is 140 Å². The molecule has 1 fully saturated rings. The fraction of sp³-hybridized carbons (Fsp3) is 0.500. The lowest BCUT2D eigenvalue weighted by atomic mass is 10.0. The molecule has 1 atom stereocenters. The summed E-state index contributed by atoms with van der Waals surface area (Å²) >= 11 is 6.02. The van der Waals surface area contributed by atoms with E-state index < -0.39 is 0 Å². The quantitative estimate of drug-likeness (QED) is 0.866. The first kappa shape index (κ1) is 15.9. The summed E-state index contributed by atoms with van der Waals surface area (Å²) in [6.45, 7) is 2.68. The SMILES string of the molecule is COc1c([C@@H]2CCCN2C(=O)c2cc(Cl)cn2C)c(C)nn1C. The highest BCUT2D eigenvalue weighted by Crippen LogP contribution is 2.39. The summed E-state index contributed by atoms with van der Waals surface area (Å²) in [5.74, 6) is 0.712. The van der Waals surface area contributed by atoms with Crippen molar-refractivity contribution >= 4 is 17.5 Å². The van der Waals surface area contributed by atoms with Crippen LogP contribution in [-0.4, -0.2) is 38.8 Å². The van der Waals surface area contributed by atoms with Gasteiger partial charge in [-0.2, -0.15) is 5.10 Å². The van der Waals surface area contributed by atoms with Gasteiger partial charge in [0.15, 0.2) is 0 Å². The van der Waals surface area contributed by atoms with Gasteiger partial charge in [0, 0.05) is 26.8 Å². The van der Waals surface area contributed by atoms with E-state index >= 15 is 0 Å². The van der Waals surface area contributed by atoms with Crippen molar-refractivity contribution in [1.29, 1.82) is 0 Å². The smallest absolute Gasteiger partial charge is 0.271 e. The van der Waals surface area contributed by atoms with Crippen molar-refractivity contribution in [3.05, 3.63) is 34.2 Å². The number of likely N-dealkylation sites (tertiary alicyclic amines) is 1. The summed E-state index contributed by atoms with van der Waals surface area (Å²) in [5.41, 5.74) is 2.50. The van der Waals surface area contributed by atoms with Gasteiger partial charge in [0.1, 0.15) is 5.69 Å². The number of rotatable bonds is 3. The van der Waals surface area contributed by atoms with Gasteiger partial charge in [-0.3, -0.25) is 4.79 Å². The minimum absolute atomic E-state index is 0.00722. The van der Waals surface area contributed by atoms with Crippen LogP contribution < -0.4 is 4.74 Å². The molecule has 6 nitrogen and oxygen atoms in total. The van der Waals surface area contributed by atoms with Gasteiger partial charge in [-0.25, -0.2) is 4.68 Å². The molecular formula is C16H21ClN4O2. The minimum Gasteiger partial charge on any atom is -0.481 e. The van der Waals surface area contributed by atoms with Crippen LogP contribution in [-0.2, 0) is 14.1 Å². The highest BCUT2D eigenvalue weighted by molar-refractivity contribution is 6.31. The molecule has 7 heteroatoms. The fourth-order valence-electron chi connectivity index (χ4n) is 3.47. The van der Waals surface area contributed by atoms with E-state index in [1.54, 1.807) is 28.6 Å². The second kappa shape index (κ2) is 5.92. The number of halogens is 1. The van der Waals surface area contributed by atoms with Gasteiger partial charge in [-0.15, -0.1) is 0 Å². The highest BCUT2D eigenvalue weighted by atomic mass is 35.5. The number of ether oxygens (including phenoxy) is 1. The molecule has 1 aliphatic rings. The first-order valence-corrected chi connectivity index (χ1v) is 8.02. The van der Waals surface area contributed by atoms with Crippen molar-refractivity contribution in [3.63, 3.8) is 0 Å². The molecule has 0 aliphatic carbocycles. The molecule has 0 N–H and O–H groups in total. The number of amides is 1. The Balaban J connectivity index is 1.98. The number of aromatic nitrogens is 3. The molecule has 0 unspecified atom stereocenters. The average Bonchev–Trinajstić information content (AvgIpc) is 3.15. The molecule has 1 amide bonds. The van der Waals surface area contributed by atoms with Gasteiger partial charge in [0.25, 0.3) is 5.91 Å². The van der Waals surface area contributed by atoms with Crippen LogP contribution >= 0.6 is 11.6 Å². The number of methoxy groups -OCH3 is 1. The summed E-state index contributed by atoms with van der Waals surface area (Å²) < 4.78 is 9.01. The Morgan fingerprint density at radius 2 is 2.17 bits per heavy atom. The van der Waals surface area contributed by atoms with Gasteiger partial charge in [0.2, 0.25) is 5.88 Å². The standard InChI is InChI=1S/C16H21ClN4O2/c1-10-14(16(23-4)20(3)18-10)12-6-5-7-21(12)15(22)13-8-11(17)9-19(13)2/h8-9,12H,5-7H2,1-4H3/t12-/m0/s1. The van der Waals surface area contributed by atoms with Gasteiger partial charge in [0.05, 0.1) is 29.4 Å². The second-order valence-corrected chi connectivity index (χ2v) is 6.38. The Kier molecular flexibility index (Phi) is 4.10. The monoisotopic (exact) mass is 336 g/mol. The number of carbonyl (C=O) groups excluding carboxylic acids is 1. The van der Waals surface area contributed by atoms with Crippen LogP contribution in [0.3, 0.4) is 0 Å². The van der Waals surface area contributed by atoms with Crippen molar-refractivity contribution in [1.82, 2.24) is 19.2 Å². The maximum atomic E-state index is 13.0. The van der Waals surface area contributed by atoms with Gasteiger partial charge in [-0.1, -0.05) is 11.6 Å². The number of hydrogen-bond donors (Lipinski definition) is 0. The van der Waals surface area contributed by atoms with Gasteiger partial charge < -0.3 is 14.2 Å². The third kappa shape index (κ3) is 2.61. The van der Waals surface area contributed by atoms with Gasteiger partial charge >= 0.3 is 0 Å². The number of hydrogen-bond acceptors (Lipinski definition) is 3. The first-order valence-electron chi connectivity index (χ1n) is 7.64. The van der Waals surface area contributed by atoms with Crippen LogP contribution in [0.4, 0.5) is 0 Å². The molecule has 0 saturated carbocycles. The Bertz CT molecular complexity index is 750. The van der Waals surface area contributed by atoms with Crippen molar-refractivity contribution in [2.24, 2.45) is 14.1 Å². The Morgan fingerprint density at radius 3 is 2.78 bits per heavy atom. The van der Waals surface area contributed by atoms with Crippen molar-refractivity contribution in [3.8, 4) is 5.88 Å². The summed E-state index contributed by atoms with van der Waals surface area (Å²) in [4.78, 5) is 14.9. The predicted molar refractivity (Wildman–Crippen MR) is 87.9 cm³/mol. The van der Waals surface area contributed by atoms with E-state index in [0.717, 1.165) is 36.5 Å². The number of carbonyl (C=O) groups is 1. The van der Waals surface area contributed by atoms with Crippen molar-refractivity contribution in [2.45, 2.75) is 25.8 Å². The molecule has 23 heavy (non-hydrogen) atoms. The zero-order valence-electron chi connectivity index (χ0n) is 13.8. The third-order valence-electron chi connectivity index (χ3n) is 4.45. The second-order valence-electron chi connectivity index (χ2n) is 5.94. The molecule has 0 bridgehead atoms. The molecule has 1 aliphatic heterocycles. The van der Waals surface area contributed by atoms with E-state index in [9.17, 15) is 4.79 Å². The Morgan fingerprint density at radius 1 is 1.43 bits per heavy atom. The zero-order chi connectivity index (χ0) is 16.7. The maximum Gasteiger partial charge on any atom is 0.271 e. The van der Waals surface area contributed by atoms with E-state index in [-0.39, 0.29) is 11.9 Å². The van der Waals surface area contributed by atoms with Gasteiger partial charge in [-0.05, 0) is 25.8 Å². The summed E-state index contributed by atoms with van der Waals surface area (Å²) in [7, 11) is 5.32. The molecule has 0 aromatic carbocycles. The zero-order valence-corrected chi connectivity index (χ0v) is 14.6. The van der Waals surface area contributed by atoms with E-state index in [1.807, 2.05) is 25.9 Å². The molecule has 1 saturated heterocycles. The van der Waals surface area contributed by atoms with Crippen molar-refractivity contribution in [2.75, 3.05) is 13.7 Å². The molecule has 0 spiro atoms. The first-order chi connectivity index (χ1) is 10.9. The molecular weight excluding hydrogens is 316 g/mol. The van der Waals surface area contributed by atoms with Crippen LogP contribution in [0.5, 0.6) is 5.88 Å². The van der Waals surface area contributed by atoms with Crippen LogP contribution in [0.2, 0.25) is 5.02 Å². The summed E-state index contributed by atoms with van der Waals surface area (Å²) in [6.07, 6.45) is 3.62. The van der Waals surface area contributed by atoms with E-state index in [2.05, 4.69) is 5.10 Å². The average molecular weight is 337 g/mol. The molecule has 2 aromatic heterocycles. The van der Waals surface area contributed by atoms with Crippen molar-refractivity contribution < 1.29 is 9.53 Å². The lowest BCUT2D eigenvalue weighted by Gasteiger charge is -2.25. The minimum atomic E-state index is -0.0141. The largest absolute Gasteiger partial charge is 0.481 e. The maximum absolute atomic E-state index is 13.0. The molecule has 0 radical (unpaired) electrons. The van der Waals surface area contributed by atoms with Crippen LogP contribution in [0, 0.1) is 6.92 Å². The lowest BCUT2D eigenvalue weighted by Crippen LogP contribution is -2.32. The lowest BCUT2D eigenvalue weighted by molar-refractivity contribution is 0.0724.